The predicted molar refractivity (Wildman–Crippen MR) is 110 cm³/mol. The zero-order valence-electron chi connectivity index (χ0n) is 15.5. The fourth-order valence-electron chi connectivity index (χ4n) is 3.58. The molecule has 0 amide bonds. The highest BCUT2D eigenvalue weighted by atomic mass is 35.5. The van der Waals surface area contributed by atoms with Gasteiger partial charge in [0, 0.05) is 36.8 Å². The predicted octanol–water partition coefficient (Wildman–Crippen LogP) is 4.00. The molecule has 0 aliphatic carbocycles. The molecule has 142 valence electrons. The van der Waals surface area contributed by atoms with Gasteiger partial charge in [-0.3, -0.25) is 0 Å². The summed E-state index contributed by atoms with van der Waals surface area (Å²) in [5.74, 6) is 1.31. The summed E-state index contributed by atoms with van der Waals surface area (Å²) in [6.45, 7) is 3.70. The highest BCUT2D eigenvalue weighted by molar-refractivity contribution is 5.85. The molecule has 1 aromatic heterocycles. The first-order valence-corrected chi connectivity index (χ1v) is 9.21. The molecule has 0 saturated carbocycles. The third-order valence-corrected chi connectivity index (χ3v) is 5.15. The number of nitrogens with zero attached hydrogens (tertiary/aromatic N) is 3. The van der Waals surface area contributed by atoms with Crippen LogP contribution in [0.25, 0.3) is 11.4 Å². The van der Waals surface area contributed by atoms with Gasteiger partial charge < -0.3 is 15.2 Å². The topological polar surface area (TPSA) is 68.2 Å². The lowest BCUT2D eigenvalue weighted by atomic mass is 9.96. The van der Waals surface area contributed by atoms with Crippen LogP contribution in [0.2, 0.25) is 0 Å². The zero-order valence-corrected chi connectivity index (χ0v) is 16.3. The molecule has 27 heavy (non-hydrogen) atoms. The van der Waals surface area contributed by atoms with E-state index < -0.39 is 0 Å². The van der Waals surface area contributed by atoms with Gasteiger partial charge in [-0.25, -0.2) is 0 Å². The largest absolute Gasteiger partial charge is 0.368 e. The Labute approximate surface area is 166 Å². The van der Waals surface area contributed by atoms with E-state index in [9.17, 15) is 0 Å². The van der Waals surface area contributed by atoms with Crippen molar-refractivity contribution in [2.24, 2.45) is 5.73 Å². The molecule has 1 unspecified atom stereocenters. The Kier molecular flexibility index (Phi) is 6.14. The second kappa shape index (κ2) is 8.55. The van der Waals surface area contributed by atoms with Crippen LogP contribution in [-0.2, 0) is 19.4 Å². The third-order valence-electron chi connectivity index (χ3n) is 5.15. The van der Waals surface area contributed by atoms with Crippen molar-refractivity contribution in [1.29, 1.82) is 0 Å². The van der Waals surface area contributed by atoms with E-state index >= 15 is 0 Å². The van der Waals surface area contributed by atoms with Gasteiger partial charge in [-0.15, -0.1) is 12.4 Å². The average molecular weight is 385 g/mol. The average Bonchev–Trinajstić information content (AvgIpc) is 3.16. The number of aryl methyl sites for hydroxylation is 1. The summed E-state index contributed by atoms with van der Waals surface area (Å²) in [5, 5.41) is 4.13. The third kappa shape index (κ3) is 4.15. The molecule has 3 aromatic rings. The molecule has 0 radical (unpaired) electrons. The maximum atomic E-state index is 5.64. The summed E-state index contributed by atoms with van der Waals surface area (Å²) in [4.78, 5) is 7.02. The number of aromatic nitrogens is 2. The Balaban J connectivity index is 0.00000210. The van der Waals surface area contributed by atoms with Crippen LogP contribution >= 0.6 is 12.4 Å². The van der Waals surface area contributed by atoms with E-state index in [0.29, 0.717) is 24.3 Å². The lowest BCUT2D eigenvalue weighted by Gasteiger charge is -2.36. The highest BCUT2D eigenvalue weighted by Gasteiger charge is 2.23. The Morgan fingerprint density at radius 3 is 2.70 bits per heavy atom. The van der Waals surface area contributed by atoms with Crippen molar-refractivity contribution in [3.8, 4) is 11.4 Å². The Morgan fingerprint density at radius 1 is 1.15 bits per heavy atom. The fourth-order valence-corrected chi connectivity index (χ4v) is 3.58. The molecule has 0 bridgehead atoms. The van der Waals surface area contributed by atoms with Crippen LogP contribution in [0.15, 0.2) is 53.1 Å². The summed E-state index contributed by atoms with van der Waals surface area (Å²) in [5.41, 5.74) is 10.5. The van der Waals surface area contributed by atoms with Gasteiger partial charge in [-0.1, -0.05) is 47.6 Å². The van der Waals surface area contributed by atoms with Crippen molar-refractivity contribution in [2.45, 2.75) is 38.8 Å². The quantitative estimate of drug-likeness (QED) is 0.720. The van der Waals surface area contributed by atoms with E-state index in [0.717, 1.165) is 30.5 Å². The molecule has 6 heteroatoms. The summed E-state index contributed by atoms with van der Waals surface area (Å²) >= 11 is 0. The van der Waals surface area contributed by atoms with E-state index in [-0.39, 0.29) is 12.4 Å². The van der Waals surface area contributed by atoms with Crippen LogP contribution in [-0.4, -0.2) is 22.7 Å². The normalized spacial score (nSPS) is 15.9. The van der Waals surface area contributed by atoms with Crippen LogP contribution in [0.1, 0.15) is 30.4 Å². The number of fused-ring (bicyclic) bond motifs is 1. The zero-order chi connectivity index (χ0) is 17.9. The molecule has 2 heterocycles. The molecule has 2 aromatic carbocycles. The van der Waals surface area contributed by atoms with Crippen molar-refractivity contribution in [1.82, 2.24) is 10.1 Å². The number of anilines is 1. The van der Waals surface area contributed by atoms with E-state index in [1.807, 2.05) is 24.3 Å². The SMILES string of the molecule is CC1CCc2ccccc2N1CCc1nc(-c2ccc(CN)cc2)no1.Cl. The van der Waals surface area contributed by atoms with Gasteiger partial charge in [0.15, 0.2) is 0 Å². The number of nitrogens with two attached hydrogens (primary N) is 1. The van der Waals surface area contributed by atoms with E-state index in [1.165, 1.54) is 17.7 Å². The van der Waals surface area contributed by atoms with Crippen molar-refractivity contribution < 1.29 is 4.52 Å². The van der Waals surface area contributed by atoms with Crippen molar-refractivity contribution in [3.05, 3.63) is 65.5 Å². The van der Waals surface area contributed by atoms with E-state index in [1.54, 1.807) is 0 Å². The monoisotopic (exact) mass is 384 g/mol. The minimum absolute atomic E-state index is 0. The molecular formula is C21H25ClN4O. The number of rotatable bonds is 5. The first kappa shape index (κ1) is 19.4. The van der Waals surface area contributed by atoms with E-state index in [2.05, 4.69) is 46.2 Å². The Bertz CT molecular complexity index is 878. The minimum Gasteiger partial charge on any atom is -0.368 e. The van der Waals surface area contributed by atoms with Gasteiger partial charge in [0.2, 0.25) is 11.7 Å². The number of para-hydroxylation sites is 1. The molecule has 2 N–H and O–H groups in total. The molecule has 4 rings (SSSR count). The molecule has 0 spiro atoms. The van der Waals surface area contributed by atoms with E-state index in [4.69, 9.17) is 10.3 Å². The molecule has 5 nitrogen and oxygen atoms in total. The summed E-state index contributed by atoms with van der Waals surface area (Å²) in [7, 11) is 0. The van der Waals surface area contributed by atoms with Gasteiger partial charge in [0.1, 0.15) is 0 Å². The van der Waals surface area contributed by atoms with Gasteiger partial charge >= 0.3 is 0 Å². The van der Waals surface area contributed by atoms with Crippen molar-refractivity contribution in [2.75, 3.05) is 11.4 Å². The molecule has 0 saturated heterocycles. The van der Waals surface area contributed by atoms with Gasteiger partial charge in [0.25, 0.3) is 0 Å². The maximum Gasteiger partial charge on any atom is 0.228 e. The number of hydrogen-bond acceptors (Lipinski definition) is 5. The lowest BCUT2D eigenvalue weighted by Crippen LogP contribution is -2.38. The van der Waals surface area contributed by atoms with Crippen LogP contribution in [0.5, 0.6) is 0 Å². The van der Waals surface area contributed by atoms with Crippen LogP contribution in [0.3, 0.4) is 0 Å². The molecule has 1 aliphatic heterocycles. The first-order chi connectivity index (χ1) is 12.7. The van der Waals surface area contributed by atoms with Crippen molar-refractivity contribution in [3.63, 3.8) is 0 Å². The van der Waals surface area contributed by atoms with Crippen LogP contribution < -0.4 is 10.6 Å². The van der Waals surface area contributed by atoms with Crippen molar-refractivity contribution >= 4 is 18.1 Å². The highest BCUT2D eigenvalue weighted by Crippen LogP contribution is 2.30. The first-order valence-electron chi connectivity index (χ1n) is 9.21. The van der Waals surface area contributed by atoms with Gasteiger partial charge in [-0.2, -0.15) is 4.98 Å². The number of hydrogen-bond donors (Lipinski definition) is 1. The Hall–Kier alpha value is -2.37. The van der Waals surface area contributed by atoms with Gasteiger partial charge in [-0.05, 0) is 37.0 Å². The smallest absolute Gasteiger partial charge is 0.228 e. The van der Waals surface area contributed by atoms with Crippen LogP contribution in [0, 0.1) is 0 Å². The lowest BCUT2D eigenvalue weighted by molar-refractivity contribution is 0.377. The van der Waals surface area contributed by atoms with Crippen LogP contribution in [0.4, 0.5) is 5.69 Å². The Morgan fingerprint density at radius 2 is 1.93 bits per heavy atom. The second-order valence-electron chi connectivity index (χ2n) is 6.87. The maximum absolute atomic E-state index is 5.64. The molecule has 0 fully saturated rings. The fraction of sp³-hybridized carbons (Fsp3) is 0.333. The number of halogens is 1. The summed E-state index contributed by atoms with van der Waals surface area (Å²) < 4.78 is 5.48. The minimum atomic E-state index is 0. The molecule has 1 aliphatic rings. The second-order valence-corrected chi connectivity index (χ2v) is 6.87. The molecular weight excluding hydrogens is 360 g/mol. The summed E-state index contributed by atoms with van der Waals surface area (Å²) in [6, 6.07) is 17.2. The summed E-state index contributed by atoms with van der Waals surface area (Å²) in [6.07, 6.45) is 3.07. The molecule has 1 atom stereocenters. The standard InChI is InChI=1S/C21H24N4O.ClH/c1-15-6-9-17-4-2-3-5-19(17)25(15)13-12-20-23-21(24-26-20)18-10-7-16(14-22)8-11-18;/h2-5,7-8,10-11,15H,6,9,12-14,22H2,1H3;1H. The van der Waals surface area contributed by atoms with Gasteiger partial charge in [0.05, 0.1) is 0 Å². The number of benzene rings is 2.